The van der Waals surface area contributed by atoms with Gasteiger partial charge in [0.1, 0.15) is 6.61 Å². The Balaban J connectivity index is 2.42. The van der Waals surface area contributed by atoms with E-state index in [-0.39, 0.29) is 12.4 Å². The van der Waals surface area contributed by atoms with Gasteiger partial charge >= 0.3 is 0 Å². The average Bonchev–Trinajstić information content (AvgIpc) is 2.04. The minimum absolute atomic E-state index is 0.152. The third-order valence-corrected chi connectivity index (χ3v) is 1.95. The van der Waals surface area contributed by atoms with Crippen molar-refractivity contribution in [1.29, 1.82) is 0 Å². The zero-order chi connectivity index (χ0) is 8.55. The molecule has 0 saturated carbocycles. The highest BCUT2D eigenvalue weighted by molar-refractivity contribution is 5.46. The van der Waals surface area contributed by atoms with Crippen LogP contribution in [0, 0.1) is 0 Å². The SMILES string of the molecule is Oc1cccc2c1OC[C@@H](O)C2. The second-order valence-electron chi connectivity index (χ2n) is 2.93. The second-order valence-corrected chi connectivity index (χ2v) is 2.93. The normalized spacial score (nSPS) is 21.2. The Morgan fingerprint density at radius 1 is 1.42 bits per heavy atom. The third kappa shape index (κ3) is 1.12. The summed E-state index contributed by atoms with van der Waals surface area (Å²) in [6.45, 7) is 0.268. The van der Waals surface area contributed by atoms with Gasteiger partial charge in [-0.05, 0) is 6.07 Å². The number of rotatable bonds is 0. The van der Waals surface area contributed by atoms with Crippen molar-refractivity contribution in [2.75, 3.05) is 6.61 Å². The Morgan fingerprint density at radius 2 is 2.25 bits per heavy atom. The van der Waals surface area contributed by atoms with Gasteiger partial charge in [-0.25, -0.2) is 0 Å². The largest absolute Gasteiger partial charge is 0.504 e. The van der Waals surface area contributed by atoms with Gasteiger partial charge in [-0.1, -0.05) is 12.1 Å². The summed E-state index contributed by atoms with van der Waals surface area (Å²) in [6, 6.07) is 5.17. The Morgan fingerprint density at radius 3 is 3.08 bits per heavy atom. The Bertz CT molecular complexity index is 296. The summed E-state index contributed by atoms with van der Waals surface area (Å²) in [5.74, 6) is 0.669. The van der Waals surface area contributed by atoms with Gasteiger partial charge in [0, 0.05) is 12.0 Å². The van der Waals surface area contributed by atoms with Crippen LogP contribution in [0.3, 0.4) is 0 Å². The maximum absolute atomic E-state index is 9.34. The van der Waals surface area contributed by atoms with E-state index in [1.807, 2.05) is 6.07 Å². The molecule has 1 aromatic rings. The van der Waals surface area contributed by atoms with Crippen molar-refractivity contribution in [1.82, 2.24) is 0 Å². The molecule has 3 heteroatoms. The molecule has 2 rings (SSSR count). The van der Waals surface area contributed by atoms with Gasteiger partial charge in [0.15, 0.2) is 11.5 Å². The summed E-state index contributed by atoms with van der Waals surface area (Å²) < 4.78 is 5.17. The fourth-order valence-corrected chi connectivity index (χ4v) is 1.39. The maximum atomic E-state index is 9.34. The Labute approximate surface area is 70.2 Å². The zero-order valence-corrected chi connectivity index (χ0v) is 6.53. The molecule has 0 saturated heterocycles. The van der Waals surface area contributed by atoms with Gasteiger partial charge in [-0.15, -0.1) is 0 Å². The highest BCUT2D eigenvalue weighted by Gasteiger charge is 2.19. The number of phenols is 1. The smallest absolute Gasteiger partial charge is 0.164 e. The van der Waals surface area contributed by atoms with Crippen LogP contribution in [-0.2, 0) is 6.42 Å². The molecule has 12 heavy (non-hydrogen) atoms. The lowest BCUT2D eigenvalue weighted by molar-refractivity contribution is 0.0900. The van der Waals surface area contributed by atoms with Gasteiger partial charge in [0.25, 0.3) is 0 Å². The number of aliphatic hydroxyl groups excluding tert-OH is 1. The van der Waals surface area contributed by atoms with E-state index >= 15 is 0 Å². The lowest BCUT2D eigenvalue weighted by atomic mass is 10.0. The van der Waals surface area contributed by atoms with E-state index in [2.05, 4.69) is 0 Å². The van der Waals surface area contributed by atoms with Crippen LogP contribution in [0.1, 0.15) is 5.56 Å². The summed E-state index contributed by atoms with van der Waals surface area (Å²) in [4.78, 5) is 0. The summed E-state index contributed by atoms with van der Waals surface area (Å²) in [7, 11) is 0. The molecule has 1 aromatic carbocycles. The van der Waals surface area contributed by atoms with Crippen molar-refractivity contribution in [2.24, 2.45) is 0 Å². The molecule has 0 aromatic heterocycles. The lowest BCUT2D eigenvalue weighted by Gasteiger charge is -2.21. The summed E-state index contributed by atoms with van der Waals surface area (Å²) >= 11 is 0. The molecular weight excluding hydrogens is 156 g/mol. The van der Waals surface area contributed by atoms with Crippen molar-refractivity contribution in [3.8, 4) is 11.5 Å². The second kappa shape index (κ2) is 2.68. The number of hydrogen-bond acceptors (Lipinski definition) is 3. The van der Waals surface area contributed by atoms with Gasteiger partial charge in [0.2, 0.25) is 0 Å². The first-order valence-corrected chi connectivity index (χ1v) is 3.89. The van der Waals surface area contributed by atoms with Gasteiger partial charge in [-0.2, -0.15) is 0 Å². The van der Waals surface area contributed by atoms with E-state index in [1.165, 1.54) is 0 Å². The summed E-state index contributed by atoms with van der Waals surface area (Å²) in [5, 5.41) is 18.6. The lowest BCUT2D eigenvalue weighted by Crippen LogP contribution is -2.25. The van der Waals surface area contributed by atoms with Crippen LogP contribution in [-0.4, -0.2) is 22.9 Å². The number of aliphatic hydroxyl groups is 1. The molecule has 0 radical (unpaired) electrons. The molecule has 0 aliphatic carbocycles. The van der Waals surface area contributed by atoms with Crippen LogP contribution in [0.15, 0.2) is 18.2 Å². The molecule has 2 N–H and O–H groups in total. The molecule has 1 aliphatic rings. The minimum Gasteiger partial charge on any atom is -0.504 e. The molecule has 0 spiro atoms. The molecular formula is C9H10O3. The molecule has 1 aliphatic heterocycles. The number of hydrogen-bond donors (Lipinski definition) is 2. The standard InChI is InChI=1S/C9H10O3/c10-7-4-6-2-1-3-8(11)9(6)12-5-7/h1-3,7,10-11H,4-5H2/t7-/m0/s1. The quantitative estimate of drug-likeness (QED) is 0.596. The summed E-state index contributed by atoms with van der Waals surface area (Å²) in [6.07, 6.45) is 0.114. The molecule has 0 bridgehead atoms. The Kier molecular flexibility index (Phi) is 1.66. The molecule has 1 heterocycles. The van der Waals surface area contributed by atoms with Crippen LogP contribution in [0.4, 0.5) is 0 Å². The highest BCUT2D eigenvalue weighted by Crippen LogP contribution is 2.33. The number of aromatic hydroxyl groups is 1. The number of ether oxygens (including phenoxy) is 1. The molecule has 64 valence electrons. The van der Waals surface area contributed by atoms with E-state index in [9.17, 15) is 10.2 Å². The maximum Gasteiger partial charge on any atom is 0.164 e. The monoisotopic (exact) mass is 166 g/mol. The molecule has 1 atom stereocenters. The number of fused-ring (bicyclic) bond motifs is 1. The zero-order valence-electron chi connectivity index (χ0n) is 6.53. The van der Waals surface area contributed by atoms with Gasteiger partial charge < -0.3 is 14.9 Å². The van der Waals surface area contributed by atoms with Crippen LogP contribution in [0.2, 0.25) is 0 Å². The van der Waals surface area contributed by atoms with E-state index in [0.29, 0.717) is 12.2 Å². The van der Waals surface area contributed by atoms with E-state index in [1.54, 1.807) is 12.1 Å². The van der Waals surface area contributed by atoms with Crippen molar-refractivity contribution in [3.63, 3.8) is 0 Å². The van der Waals surface area contributed by atoms with Crippen molar-refractivity contribution in [2.45, 2.75) is 12.5 Å². The average molecular weight is 166 g/mol. The van der Waals surface area contributed by atoms with E-state index < -0.39 is 6.10 Å². The first-order valence-electron chi connectivity index (χ1n) is 3.89. The van der Waals surface area contributed by atoms with Crippen molar-refractivity contribution >= 4 is 0 Å². The Hall–Kier alpha value is -1.22. The third-order valence-electron chi connectivity index (χ3n) is 1.95. The van der Waals surface area contributed by atoms with E-state index in [4.69, 9.17) is 4.74 Å². The fourth-order valence-electron chi connectivity index (χ4n) is 1.39. The molecule has 0 fully saturated rings. The van der Waals surface area contributed by atoms with Crippen LogP contribution in [0.5, 0.6) is 11.5 Å². The predicted octanol–water partition coefficient (Wildman–Crippen LogP) is 0.688. The number of phenolic OH excluding ortho intramolecular Hbond substituents is 1. The van der Waals surface area contributed by atoms with Crippen LogP contribution in [0.25, 0.3) is 0 Å². The fraction of sp³-hybridized carbons (Fsp3) is 0.333. The van der Waals surface area contributed by atoms with Crippen molar-refractivity contribution in [3.05, 3.63) is 23.8 Å². The molecule has 0 amide bonds. The molecule has 0 unspecified atom stereocenters. The minimum atomic E-state index is -0.445. The van der Waals surface area contributed by atoms with E-state index in [0.717, 1.165) is 5.56 Å². The molecule has 3 nitrogen and oxygen atoms in total. The van der Waals surface area contributed by atoms with Gasteiger partial charge in [0.05, 0.1) is 6.10 Å². The number of para-hydroxylation sites is 1. The summed E-state index contributed by atoms with van der Waals surface area (Å²) in [5.41, 5.74) is 0.869. The van der Waals surface area contributed by atoms with Crippen LogP contribution < -0.4 is 4.74 Å². The highest BCUT2D eigenvalue weighted by atomic mass is 16.5. The first-order chi connectivity index (χ1) is 5.77. The number of benzene rings is 1. The first kappa shape index (κ1) is 7.43. The van der Waals surface area contributed by atoms with Crippen molar-refractivity contribution < 1.29 is 14.9 Å². The predicted molar refractivity (Wildman–Crippen MR) is 43.3 cm³/mol. The topological polar surface area (TPSA) is 49.7 Å². The van der Waals surface area contributed by atoms with Crippen LogP contribution >= 0.6 is 0 Å². The van der Waals surface area contributed by atoms with Gasteiger partial charge in [-0.3, -0.25) is 0 Å².